The summed E-state index contributed by atoms with van der Waals surface area (Å²) < 4.78 is 48.1. The van der Waals surface area contributed by atoms with Gasteiger partial charge in [-0.05, 0) is 31.9 Å². The van der Waals surface area contributed by atoms with Crippen LogP contribution in [-0.2, 0) is 27.4 Å². The van der Waals surface area contributed by atoms with Crippen LogP contribution in [0.3, 0.4) is 0 Å². The van der Waals surface area contributed by atoms with Crippen molar-refractivity contribution in [1.29, 1.82) is 0 Å². The Morgan fingerprint density at radius 2 is 2.12 bits per heavy atom. The highest BCUT2D eigenvalue weighted by Crippen LogP contribution is 2.32. The van der Waals surface area contributed by atoms with Gasteiger partial charge in [0.25, 0.3) is 0 Å². The lowest BCUT2D eigenvalue weighted by Crippen LogP contribution is -2.52. The molecule has 4 heterocycles. The number of likely N-dealkylation sites (tertiary alicyclic amines) is 1. The number of carboxylic acids is 1. The van der Waals surface area contributed by atoms with Crippen LogP contribution in [0.4, 0.5) is 13.2 Å². The van der Waals surface area contributed by atoms with Gasteiger partial charge in [-0.15, -0.1) is 0 Å². The van der Waals surface area contributed by atoms with Crippen molar-refractivity contribution in [3.05, 3.63) is 41.7 Å². The molecule has 0 radical (unpaired) electrons. The Morgan fingerprint density at radius 3 is 2.72 bits per heavy atom. The van der Waals surface area contributed by atoms with E-state index in [9.17, 15) is 18.0 Å². The number of rotatable bonds is 5. The summed E-state index contributed by atoms with van der Waals surface area (Å²) in [5.41, 5.74) is 0.903. The van der Waals surface area contributed by atoms with Gasteiger partial charge in [0.2, 0.25) is 5.91 Å². The highest BCUT2D eigenvalue weighted by Gasteiger charge is 2.42. The number of nitrogens with one attached hydrogen (secondary N) is 1. The molecule has 0 saturated carbocycles. The standard InChI is InChI=1S/C18H23N3O4.C2HF3O2/c1-12-7-14(20-25-12)11-21-10-13(8-17-16(21)4-6-24-17)18(22)19-9-15-3-2-5-23-15;3-2(4,5)1(6)7/h2-3,5,7,13,16-17H,4,6,8-11H2,1H3,(H,19,22);(H,6,7)/t13-,16+,17+;/m0./s1. The van der Waals surface area contributed by atoms with Crippen LogP contribution in [0.15, 0.2) is 33.4 Å². The third-order valence-electron chi connectivity index (χ3n) is 5.29. The molecule has 0 bridgehead atoms. The molecule has 0 spiro atoms. The summed E-state index contributed by atoms with van der Waals surface area (Å²) >= 11 is 0. The molecule has 2 saturated heterocycles. The van der Waals surface area contributed by atoms with Crippen molar-refractivity contribution >= 4 is 11.9 Å². The minimum atomic E-state index is -5.08. The third-order valence-corrected chi connectivity index (χ3v) is 5.29. The lowest BCUT2D eigenvalue weighted by Gasteiger charge is -2.39. The summed E-state index contributed by atoms with van der Waals surface area (Å²) in [4.78, 5) is 23.8. The van der Waals surface area contributed by atoms with Crippen molar-refractivity contribution in [3.63, 3.8) is 0 Å². The first-order chi connectivity index (χ1) is 15.1. The molecule has 2 fully saturated rings. The van der Waals surface area contributed by atoms with E-state index >= 15 is 0 Å². The fourth-order valence-electron chi connectivity index (χ4n) is 3.86. The Kier molecular flexibility index (Phi) is 7.56. The molecule has 12 heteroatoms. The summed E-state index contributed by atoms with van der Waals surface area (Å²) in [7, 11) is 0. The number of aliphatic carboxylic acids is 1. The van der Waals surface area contributed by atoms with E-state index in [2.05, 4.69) is 15.4 Å². The van der Waals surface area contributed by atoms with Crippen LogP contribution in [0.5, 0.6) is 0 Å². The molecule has 2 aliphatic heterocycles. The monoisotopic (exact) mass is 459 g/mol. The number of carboxylic acid groups (broad SMARTS) is 1. The molecule has 9 nitrogen and oxygen atoms in total. The Bertz CT molecular complexity index is 899. The highest BCUT2D eigenvalue weighted by atomic mass is 19.4. The van der Waals surface area contributed by atoms with Gasteiger partial charge in [-0.3, -0.25) is 9.69 Å². The molecule has 1 amide bonds. The van der Waals surface area contributed by atoms with Gasteiger partial charge >= 0.3 is 12.1 Å². The molecule has 3 atom stereocenters. The van der Waals surface area contributed by atoms with E-state index in [-0.39, 0.29) is 17.9 Å². The molecule has 0 aliphatic carbocycles. The summed E-state index contributed by atoms with van der Waals surface area (Å²) in [5, 5.41) is 14.2. The molecule has 2 N–H and O–H groups in total. The normalized spacial score (nSPS) is 23.2. The molecular weight excluding hydrogens is 435 g/mol. The minimum Gasteiger partial charge on any atom is -0.475 e. The van der Waals surface area contributed by atoms with Crippen LogP contribution in [0.2, 0.25) is 0 Å². The maximum atomic E-state index is 12.6. The predicted molar refractivity (Wildman–Crippen MR) is 102 cm³/mol. The fourth-order valence-corrected chi connectivity index (χ4v) is 3.86. The van der Waals surface area contributed by atoms with E-state index in [1.54, 1.807) is 6.26 Å². The van der Waals surface area contributed by atoms with Crippen LogP contribution < -0.4 is 5.32 Å². The topological polar surface area (TPSA) is 118 Å². The molecule has 2 aliphatic rings. The molecule has 32 heavy (non-hydrogen) atoms. The summed E-state index contributed by atoms with van der Waals surface area (Å²) in [6.45, 7) is 4.45. The van der Waals surface area contributed by atoms with Crippen molar-refractivity contribution in [2.24, 2.45) is 5.92 Å². The number of hydrogen-bond donors (Lipinski definition) is 2. The number of halogens is 3. The molecule has 0 unspecified atom stereocenters. The lowest BCUT2D eigenvalue weighted by molar-refractivity contribution is -0.192. The first kappa shape index (κ1) is 23.8. The number of aryl methyl sites for hydroxylation is 1. The molecule has 2 aromatic heterocycles. The van der Waals surface area contributed by atoms with Crippen molar-refractivity contribution in [2.45, 2.75) is 51.2 Å². The molecule has 176 valence electrons. The van der Waals surface area contributed by atoms with E-state index in [4.69, 9.17) is 23.6 Å². The van der Waals surface area contributed by atoms with Gasteiger partial charge in [-0.2, -0.15) is 13.2 Å². The van der Waals surface area contributed by atoms with Crippen LogP contribution in [0.1, 0.15) is 30.1 Å². The average Bonchev–Trinajstić information content (AvgIpc) is 3.48. The van der Waals surface area contributed by atoms with Crippen LogP contribution >= 0.6 is 0 Å². The lowest BCUT2D eigenvalue weighted by atomic mass is 9.89. The SMILES string of the molecule is Cc1cc(CN2C[C@@H](C(=O)NCc3ccco3)C[C@H]3OCC[C@H]32)no1.O=C(O)C(F)(F)F. The number of fused-ring (bicyclic) bond motifs is 1. The van der Waals surface area contributed by atoms with E-state index in [0.29, 0.717) is 25.7 Å². The van der Waals surface area contributed by atoms with E-state index in [1.165, 1.54) is 0 Å². The van der Waals surface area contributed by atoms with Crippen molar-refractivity contribution in [2.75, 3.05) is 13.2 Å². The Labute approximate surface area is 181 Å². The smallest absolute Gasteiger partial charge is 0.475 e. The molecule has 4 rings (SSSR count). The van der Waals surface area contributed by atoms with Gasteiger partial charge < -0.3 is 24.1 Å². The highest BCUT2D eigenvalue weighted by molar-refractivity contribution is 5.79. The van der Waals surface area contributed by atoms with Gasteiger partial charge in [0.05, 0.1) is 30.5 Å². The van der Waals surface area contributed by atoms with Gasteiger partial charge in [0.15, 0.2) is 0 Å². The third kappa shape index (κ3) is 6.33. The largest absolute Gasteiger partial charge is 0.490 e. The van der Waals surface area contributed by atoms with Gasteiger partial charge in [-0.1, -0.05) is 5.16 Å². The average molecular weight is 459 g/mol. The molecule has 2 aromatic rings. The maximum absolute atomic E-state index is 12.6. The Morgan fingerprint density at radius 1 is 1.38 bits per heavy atom. The van der Waals surface area contributed by atoms with E-state index < -0.39 is 12.1 Å². The number of furan rings is 1. The number of ether oxygens (including phenoxy) is 1. The van der Waals surface area contributed by atoms with Gasteiger partial charge in [0.1, 0.15) is 11.5 Å². The maximum Gasteiger partial charge on any atom is 0.490 e. The first-order valence-electron chi connectivity index (χ1n) is 10.0. The van der Waals surface area contributed by atoms with Crippen LogP contribution in [-0.4, -0.2) is 58.5 Å². The van der Waals surface area contributed by atoms with E-state index in [0.717, 1.165) is 36.7 Å². The second kappa shape index (κ2) is 10.2. The predicted octanol–water partition coefficient (Wildman–Crippen LogP) is 2.51. The van der Waals surface area contributed by atoms with Gasteiger partial charge in [0, 0.05) is 31.8 Å². The van der Waals surface area contributed by atoms with Gasteiger partial charge in [-0.25, -0.2) is 4.79 Å². The number of carbonyl (C=O) groups is 2. The van der Waals surface area contributed by atoms with Crippen molar-refractivity contribution < 1.29 is 41.5 Å². The zero-order valence-corrected chi connectivity index (χ0v) is 17.3. The summed E-state index contributed by atoms with van der Waals surface area (Å²) in [6.07, 6.45) is -1.59. The quantitative estimate of drug-likeness (QED) is 0.700. The van der Waals surface area contributed by atoms with Crippen LogP contribution in [0, 0.1) is 12.8 Å². The zero-order chi connectivity index (χ0) is 23.3. The minimum absolute atomic E-state index is 0.0479. The fraction of sp³-hybridized carbons (Fsp3) is 0.550. The second-order valence-electron chi connectivity index (χ2n) is 7.66. The number of piperidine rings is 1. The summed E-state index contributed by atoms with van der Waals surface area (Å²) in [5.74, 6) is -1.24. The number of carbonyl (C=O) groups excluding carboxylic acids is 1. The Balaban J connectivity index is 0.000000360. The van der Waals surface area contributed by atoms with Crippen molar-refractivity contribution in [3.8, 4) is 0 Å². The molecular formula is C20H24F3N3O6. The number of amides is 1. The number of hydrogen-bond acceptors (Lipinski definition) is 7. The van der Waals surface area contributed by atoms with E-state index in [1.807, 2.05) is 25.1 Å². The summed E-state index contributed by atoms with van der Waals surface area (Å²) in [6, 6.07) is 5.98. The molecule has 0 aromatic carbocycles. The number of alkyl halides is 3. The zero-order valence-electron chi connectivity index (χ0n) is 17.3. The first-order valence-corrected chi connectivity index (χ1v) is 10.0. The van der Waals surface area contributed by atoms with Crippen molar-refractivity contribution in [1.82, 2.24) is 15.4 Å². The number of aromatic nitrogens is 1. The Hall–Kier alpha value is -2.86. The number of nitrogens with zero attached hydrogens (tertiary/aromatic N) is 2. The van der Waals surface area contributed by atoms with Crippen LogP contribution in [0.25, 0.3) is 0 Å². The second-order valence-corrected chi connectivity index (χ2v) is 7.66.